The third-order valence-corrected chi connectivity index (χ3v) is 4.49. The molecule has 0 radical (unpaired) electrons. The first-order valence-electron chi connectivity index (χ1n) is 7.80. The zero-order valence-electron chi connectivity index (χ0n) is 15.1. The number of thioether (sulfide) groups is 1. The Balaban J connectivity index is 0.00000529. The second-order valence-electron chi connectivity index (χ2n) is 5.89. The first-order valence-corrected chi connectivity index (χ1v) is 9.02. The van der Waals surface area contributed by atoms with E-state index in [0.717, 1.165) is 30.3 Å². The second kappa shape index (κ2) is 11.6. The number of halogens is 1. The van der Waals surface area contributed by atoms with E-state index in [4.69, 9.17) is 0 Å². The van der Waals surface area contributed by atoms with Gasteiger partial charge >= 0.3 is 0 Å². The molecule has 1 rings (SSSR count). The van der Waals surface area contributed by atoms with Crippen LogP contribution in [-0.4, -0.2) is 36.0 Å². The molecule has 0 fully saturated rings. The molecule has 0 spiro atoms. The Bertz CT molecular complexity index is 549. The summed E-state index contributed by atoms with van der Waals surface area (Å²) < 4.78 is 0.154. The van der Waals surface area contributed by atoms with Crippen LogP contribution in [0, 0.1) is 0 Å². The number of guanidine groups is 1. The molecule has 0 aliphatic rings. The van der Waals surface area contributed by atoms with E-state index in [0.29, 0.717) is 6.54 Å². The van der Waals surface area contributed by atoms with Gasteiger partial charge in [-0.25, -0.2) is 4.99 Å². The van der Waals surface area contributed by atoms with Crippen molar-refractivity contribution >= 4 is 53.3 Å². The fourth-order valence-electron chi connectivity index (χ4n) is 1.83. The maximum atomic E-state index is 11.1. The van der Waals surface area contributed by atoms with Gasteiger partial charge in [-0.05, 0) is 44.7 Å². The van der Waals surface area contributed by atoms with Crippen LogP contribution in [0.25, 0.3) is 0 Å². The van der Waals surface area contributed by atoms with Crippen molar-refractivity contribution in [2.24, 2.45) is 4.99 Å². The highest BCUT2D eigenvalue weighted by Gasteiger charge is 2.16. The molecule has 0 aliphatic heterocycles. The number of hydrogen-bond donors (Lipinski definition) is 3. The van der Waals surface area contributed by atoms with E-state index in [1.165, 1.54) is 6.92 Å². The van der Waals surface area contributed by atoms with E-state index in [2.05, 4.69) is 41.0 Å². The topological polar surface area (TPSA) is 65.5 Å². The van der Waals surface area contributed by atoms with Crippen molar-refractivity contribution in [3.63, 3.8) is 0 Å². The van der Waals surface area contributed by atoms with Crippen LogP contribution in [0.1, 0.15) is 33.3 Å². The number of nitrogens with one attached hydrogen (secondary N) is 3. The van der Waals surface area contributed by atoms with Crippen LogP contribution in [0.15, 0.2) is 29.3 Å². The Morgan fingerprint density at radius 2 is 2.00 bits per heavy atom. The third kappa shape index (κ3) is 9.36. The van der Waals surface area contributed by atoms with Gasteiger partial charge in [-0.2, -0.15) is 11.8 Å². The number of amides is 1. The molecule has 3 N–H and O–H groups in total. The number of benzene rings is 1. The van der Waals surface area contributed by atoms with Gasteiger partial charge in [0, 0.05) is 30.4 Å². The fourth-order valence-corrected chi connectivity index (χ4v) is 2.05. The number of aliphatic imine (C=N–C) groups is 1. The Morgan fingerprint density at radius 1 is 1.29 bits per heavy atom. The SMILES string of the molecule is CCNC(=NCc1cccc(NC(C)=O)c1)NCC(C)(C)SC.I. The van der Waals surface area contributed by atoms with Crippen molar-refractivity contribution in [3.8, 4) is 0 Å². The Morgan fingerprint density at radius 3 is 2.58 bits per heavy atom. The Labute approximate surface area is 166 Å². The molecule has 7 heteroatoms. The summed E-state index contributed by atoms with van der Waals surface area (Å²) in [5.74, 6) is 0.736. The molecule has 1 aromatic carbocycles. The van der Waals surface area contributed by atoms with Crippen LogP contribution in [0.4, 0.5) is 5.69 Å². The highest BCUT2D eigenvalue weighted by atomic mass is 127. The molecule has 0 heterocycles. The highest BCUT2D eigenvalue weighted by Crippen LogP contribution is 2.19. The van der Waals surface area contributed by atoms with E-state index in [1.807, 2.05) is 43.0 Å². The van der Waals surface area contributed by atoms with Crippen LogP contribution in [-0.2, 0) is 11.3 Å². The lowest BCUT2D eigenvalue weighted by molar-refractivity contribution is -0.114. The van der Waals surface area contributed by atoms with Crippen molar-refractivity contribution in [2.75, 3.05) is 24.7 Å². The van der Waals surface area contributed by atoms with Crippen LogP contribution in [0.5, 0.6) is 0 Å². The molecule has 136 valence electrons. The second-order valence-corrected chi connectivity index (χ2v) is 7.41. The smallest absolute Gasteiger partial charge is 0.221 e. The van der Waals surface area contributed by atoms with Gasteiger partial charge in [0.25, 0.3) is 0 Å². The van der Waals surface area contributed by atoms with Gasteiger partial charge in [0.15, 0.2) is 5.96 Å². The molecule has 24 heavy (non-hydrogen) atoms. The van der Waals surface area contributed by atoms with E-state index in [-0.39, 0.29) is 34.6 Å². The molecule has 5 nitrogen and oxygen atoms in total. The van der Waals surface area contributed by atoms with Gasteiger partial charge in [0.1, 0.15) is 0 Å². The van der Waals surface area contributed by atoms with Gasteiger partial charge in [-0.3, -0.25) is 4.79 Å². The molecule has 0 aliphatic carbocycles. The molecule has 0 saturated heterocycles. The van der Waals surface area contributed by atoms with E-state index in [9.17, 15) is 4.79 Å². The van der Waals surface area contributed by atoms with Gasteiger partial charge in [-0.1, -0.05) is 12.1 Å². The summed E-state index contributed by atoms with van der Waals surface area (Å²) in [6.07, 6.45) is 2.11. The van der Waals surface area contributed by atoms with Gasteiger partial charge in [0.05, 0.1) is 6.54 Å². The lowest BCUT2D eigenvalue weighted by Crippen LogP contribution is -2.43. The predicted molar refractivity (Wildman–Crippen MR) is 117 cm³/mol. The number of anilines is 1. The Kier molecular flexibility index (Phi) is 11.1. The van der Waals surface area contributed by atoms with Crippen molar-refractivity contribution in [1.29, 1.82) is 0 Å². The normalized spacial score (nSPS) is 11.5. The summed E-state index contributed by atoms with van der Waals surface area (Å²) in [7, 11) is 0. The quantitative estimate of drug-likeness (QED) is 0.329. The summed E-state index contributed by atoms with van der Waals surface area (Å²) in [5.41, 5.74) is 1.85. The first-order chi connectivity index (χ1) is 10.9. The zero-order chi connectivity index (χ0) is 17.3. The minimum absolute atomic E-state index is 0. The van der Waals surface area contributed by atoms with E-state index >= 15 is 0 Å². The summed E-state index contributed by atoms with van der Waals surface area (Å²) >= 11 is 1.82. The van der Waals surface area contributed by atoms with Crippen molar-refractivity contribution < 1.29 is 4.79 Å². The average Bonchev–Trinajstić information content (AvgIpc) is 2.50. The van der Waals surface area contributed by atoms with E-state index in [1.54, 1.807) is 0 Å². The zero-order valence-corrected chi connectivity index (χ0v) is 18.2. The number of hydrogen-bond acceptors (Lipinski definition) is 3. The standard InChI is InChI=1S/C17H28N4OS.HI/c1-6-18-16(20-12-17(3,4)23-5)19-11-14-8-7-9-15(10-14)21-13(2)22;/h7-10H,6,11-12H2,1-5H3,(H,21,22)(H2,18,19,20);1H. The molecule has 0 bridgehead atoms. The first kappa shape index (κ1) is 23.0. The highest BCUT2D eigenvalue weighted by molar-refractivity contribution is 14.0. The summed E-state index contributed by atoms with van der Waals surface area (Å²) in [4.78, 5) is 15.7. The summed E-state index contributed by atoms with van der Waals surface area (Å²) in [5, 5.41) is 9.42. The molecule has 1 aromatic rings. The van der Waals surface area contributed by atoms with Crippen LogP contribution in [0.2, 0.25) is 0 Å². The summed E-state index contributed by atoms with van der Waals surface area (Å²) in [6.45, 7) is 10.2. The van der Waals surface area contributed by atoms with Crippen molar-refractivity contribution in [3.05, 3.63) is 29.8 Å². The van der Waals surface area contributed by atoms with Crippen molar-refractivity contribution in [2.45, 2.75) is 39.0 Å². The van der Waals surface area contributed by atoms with Gasteiger partial charge < -0.3 is 16.0 Å². The molecular weight excluding hydrogens is 435 g/mol. The maximum absolute atomic E-state index is 11.1. The molecular formula is C17H29IN4OS. The molecule has 0 atom stereocenters. The number of carbonyl (C=O) groups is 1. The van der Waals surface area contributed by atoms with Gasteiger partial charge in [-0.15, -0.1) is 24.0 Å². The molecule has 0 unspecified atom stereocenters. The minimum Gasteiger partial charge on any atom is -0.357 e. The minimum atomic E-state index is -0.0695. The number of nitrogens with zero attached hydrogens (tertiary/aromatic N) is 1. The fraction of sp³-hybridized carbons (Fsp3) is 0.529. The number of carbonyl (C=O) groups excluding carboxylic acids is 1. The third-order valence-electron chi connectivity index (χ3n) is 3.25. The lowest BCUT2D eigenvalue weighted by Gasteiger charge is -2.23. The molecule has 1 amide bonds. The maximum Gasteiger partial charge on any atom is 0.221 e. The monoisotopic (exact) mass is 464 g/mol. The van der Waals surface area contributed by atoms with Gasteiger partial charge in [0.2, 0.25) is 5.91 Å². The van der Waals surface area contributed by atoms with Crippen LogP contribution < -0.4 is 16.0 Å². The van der Waals surface area contributed by atoms with E-state index < -0.39 is 0 Å². The molecule has 0 aromatic heterocycles. The average molecular weight is 464 g/mol. The molecule has 0 saturated carbocycles. The van der Waals surface area contributed by atoms with Crippen LogP contribution >= 0.6 is 35.7 Å². The number of rotatable bonds is 7. The Hall–Kier alpha value is -0.960. The van der Waals surface area contributed by atoms with Crippen molar-refractivity contribution in [1.82, 2.24) is 10.6 Å². The lowest BCUT2D eigenvalue weighted by atomic mass is 10.2. The predicted octanol–water partition coefficient (Wildman–Crippen LogP) is 3.46. The summed E-state index contributed by atoms with van der Waals surface area (Å²) in [6, 6.07) is 7.75. The van der Waals surface area contributed by atoms with Crippen LogP contribution in [0.3, 0.4) is 0 Å². The largest absolute Gasteiger partial charge is 0.357 e.